The lowest BCUT2D eigenvalue weighted by Crippen LogP contribution is -2.48. The Morgan fingerprint density at radius 3 is 2.58 bits per heavy atom. The highest BCUT2D eigenvalue weighted by atomic mass is 16.2. The number of rotatable bonds is 6. The zero-order chi connectivity index (χ0) is 18.6. The minimum atomic E-state index is -0.694. The van der Waals surface area contributed by atoms with Crippen LogP contribution in [0.1, 0.15) is 57.8 Å². The Kier molecular flexibility index (Phi) is 6.16. The predicted molar refractivity (Wildman–Crippen MR) is 98.5 cm³/mol. The standard InChI is InChI=1S/C19H32N4O3/c1-22-12-6-15(7-13-22)5-11-20-16(24)8-14-23-17(25)19(21-18(23)26)9-3-2-4-10-19/h15H,2-14H2,1H3,(H,20,24)(H,21,26). The third-order valence-corrected chi connectivity index (χ3v) is 6.23. The molecule has 2 aliphatic heterocycles. The molecule has 2 saturated heterocycles. The van der Waals surface area contributed by atoms with Gasteiger partial charge in [0.05, 0.1) is 0 Å². The van der Waals surface area contributed by atoms with Crippen molar-refractivity contribution in [3.63, 3.8) is 0 Å². The van der Waals surface area contributed by atoms with Gasteiger partial charge >= 0.3 is 6.03 Å². The van der Waals surface area contributed by atoms with Gasteiger partial charge in [0.25, 0.3) is 5.91 Å². The van der Waals surface area contributed by atoms with Gasteiger partial charge in [0.2, 0.25) is 5.91 Å². The second-order valence-electron chi connectivity index (χ2n) is 8.16. The summed E-state index contributed by atoms with van der Waals surface area (Å²) in [5.74, 6) is 0.466. The maximum atomic E-state index is 12.7. The Bertz CT molecular complexity index is 537. The van der Waals surface area contributed by atoms with Gasteiger partial charge in [0, 0.05) is 19.5 Å². The Labute approximate surface area is 155 Å². The van der Waals surface area contributed by atoms with Crippen LogP contribution >= 0.6 is 0 Å². The van der Waals surface area contributed by atoms with E-state index in [2.05, 4.69) is 22.6 Å². The fraction of sp³-hybridized carbons (Fsp3) is 0.842. The van der Waals surface area contributed by atoms with Gasteiger partial charge in [0.15, 0.2) is 0 Å². The van der Waals surface area contributed by atoms with Crippen molar-refractivity contribution in [3.8, 4) is 0 Å². The molecule has 0 aromatic carbocycles. The van der Waals surface area contributed by atoms with Gasteiger partial charge in [-0.15, -0.1) is 0 Å². The van der Waals surface area contributed by atoms with Crippen LogP contribution in [0, 0.1) is 5.92 Å². The number of urea groups is 1. The lowest BCUT2D eigenvalue weighted by molar-refractivity contribution is -0.132. The molecule has 1 spiro atoms. The highest BCUT2D eigenvalue weighted by Gasteiger charge is 2.50. The number of likely N-dealkylation sites (tertiary alicyclic amines) is 1. The van der Waals surface area contributed by atoms with E-state index in [0.29, 0.717) is 12.5 Å². The summed E-state index contributed by atoms with van der Waals surface area (Å²) >= 11 is 0. The largest absolute Gasteiger partial charge is 0.356 e. The summed E-state index contributed by atoms with van der Waals surface area (Å²) in [4.78, 5) is 40.5. The summed E-state index contributed by atoms with van der Waals surface area (Å²) in [5.41, 5.74) is -0.694. The topological polar surface area (TPSA) is 81.8 Å². The number of amides is 4. The highest BCUT2D eigenvalue weighted by molar-refractivity contribution is 6.07. The first kappa shape index (κ1) is 19.1. The molecular formula is C19H32N4O3. The number of hydrogen-bond acceptors (Lipinski definition) is 4. The van der Waals surface area contributed by atoms with Crippen LogP contribution in [-0.4, -0.2) is 66.4 Å². The average molecular weight is 364 g/mol. The van der Waals surface area contributed by atoms with Crippen molar-refractivity contribution in [2.75, 3.05) is 33.2 Å². The maximum absolute atomic E-state index is 12.7. The minimum Gasteiger partial charge on any atom is -0.356 e. The molecule has 3 fully saturated rings. The number of nitrogens with zero attached hydrogens (tertiary/aromatic N) is 2. The van der Waals surface area contributed by atoms with E-state index in [4.69, 9.17) is 0 Å². The van der Waals surface area contributed by atoms with Crippen LogP contribution in [-0.2, 0) is 9.59 Å². The van der Waals surface area contributed by atoms with Crippen LogP contribution in [0.5, 0.6) is 0 Å². The maximum Gasteiger partial charge on any atom is 0.325 e. The van der Waals surface area contributed by atoms with Gasteiger partial charge in [-0.05, 0) is 58.2 Å². The van der Waals surface area contributed by atoms with E-state index in [1.807, 2.05) is 0 Å². The van der Waals surface area contributed by atoms with Crippen LogP contribution in [0.15, 0.2) is 0 Å². The number of imide groups is 1. The average Bonchev–Trinajstić information content (AvgIpc) is 2.85. The second kappa shape index (κ2) is 8.37. The Hall–Kier alpha value is -1.63. The monoisotopic (exact) mass is 364 g/mol. The van der Waals surface area contributed by atoms with E-state index in [1.165, 1.54) is 17.7 Å². The zero-order valence-corrected chi connectivity index (χ0v) is 15.9. The molecule has 146 valence electrons. The molecule has 3 aliphatic rings. The summed E-state index contributed by atoms with van der Waals surface area (Å²) in [7, 11) is 2.14. The van der Waals surface area contributed by atoms with Crippen LogP contribution in [0.2, 0.25) is 0 Å². The van der Waals surface area contributed by atoms with Crippen molar-refractivity contribution in [1.29, 1.82) is 0 Å². The molecule has 2 heterocycles. The van der Waals surface area contributed by atoms with E-state index in [9.17, 15) is 14.4 Å². The lowest BCUT2D eigenvalue weighted by Gasteiger charge is -2.30. The molecule has 0 aromatic heterocycles. The molecule has 0 unspecified atom stereocenters. The summed E-state index contributed by atoms with van der Waals surface area (Å²) in [6.45, 7) is 3.11. The Balaban J connectivity index is 1.37. The first-order chi connectivity index (χ1) is 12.5. The van der Waals surface area contributed by atoms with Crippen molar-refractivity contribution < 1.29 is 14.4 Å². The van der Waals surface area contributed by atoms with E-state index < -0.39 is 5.54 Å². The molecule has 1 aliphatic carbocycles. The van der Waals surface area contributed by atoms with Gasteiger partial charge in [-0.2, -0.15) is 0 Å². The van der Waals surface area contributed by atoms with Gasteiger partial charge < -0.3 is 15.5 Å². The van der Waals surface area contributed by atoms with Crippen LogP contribution in [0.3, 0.4) is 0 Å². The normalized spacial score (nSPS) is 24.1. The summed E-state index contributed by atoms with van der Waals surface area (Å²) in [5, 5.41) is 5.83. The van der Waals surface area contributed by atoms with E-state index in [1.54, 1.807) is 0 Å². The Morgan fingerprint density at radius 1 is 1.19 bits per heavy atom. The molecular weight excluding hydrogens is 332 g/mol. The molecule has 7 nitrogen and oxygen atoms in total. The fourth-order valence-electron chi connectivity index (χ4n) is 4.44. The third-order valence-electron chi connectivity index (χ3n) is 6.23. The number of piperidine rings is 1. The molecule has 0 aromatic rings. The fourth-order valence-corrected chi connectivity index (χ4v) is 4.44. The van der Waals surface area contributed by atoms with Crippen molar-refractivity contribution >= 4 is 17.8 Å². The van der Waals surface area contributed by atoms with E-state index in [-0.39, 0.29) is 30.8 Å². The summed E-state index contributed by atoms with van der Waals surface area (Å²) < 4.78 is 0. The van der Waals surface area contributed by atoms with Crippen LogP contribution < -0.4 is 10.6 Å². The van der Waals surface area contributed by atoms with Crippen molar-refractivity contribution in [1.82, 2.24) is 20.4 Å². The van der Waals surface area contributed by atoms with Gasteiger partial charge in [0.1, 0.15) is 5.54 Å². The SMILES string of the molecule is CN1CCC(CCNC(=O)CCN2C(=O)NC3(CCCCC3)C2=O)CC1. The van der Waals surface area contributed by atoms with Crippen molar-refractivity contribution in [3.05, 3.63) is 0 Å². The second-order valence-corrected chi connectivity index (χ2v) is 8.16. The molecule has 3 rings (SSSR count). The quantitative estimate of drug-likeness (QED) is 0.700. The van der Waals surface area contributed by atoms with Crippen molar-refractivity contribution in [2.24, 2.45) is 5.92 Å². The molecule has 0 atom stereocenters. The molecule has 2 N–H and O–H groups in total. The third kappa shape index (κ3) is 4.37. The molecule has 1 saturated carbocycles. The predicted octanol–water partition coefficient (Wildman–Crippen LogP) is 1.48. The Morgan fingerprint density at radius 2 is 1.88 bits per heavy atom. The highest BCUT2D eigenvalue weighted by Crippen LogP contribution is 2.33. The lowest BCUT2D eigenvalue weighted by atomic mass is 9.82. The summed E-state index contributed by atoms with van der Waals surface area (Å²) in [6.07, 6.45) is 8.06. The van der Waals surface area contributed by atoms with E-state index in [0.717, 1.165) is 51.6 Å². The van der Waals surface area contributed by atoms with Crippen molar-refractivity contribution in [2.45, 2.75) is 63.3 Å². The van der Waals surface area contributed by atoms with Crippen LogP contribution in [0.4, 0.5) is 4.79 Å². The molecule has 4 amide bonds. The summed E-state index contributed by atoms with van der Waals surface area (Å²) in [6, 6.07) is -0.337. The van der Waals surface area contributed by atoms with Gasteiger partial charge in [-0.1, -0.05) is 19.3 Å². The zero-order valence-electron chi connectivity index (χ0n) is 15.9. The number of nitrogens with one attached hydrogen (secondary N) is 2. The minimum absolute atomic E-state index is 0.0804. The molecule has 26 heavy (non-hydrogen) atoms. The number of hydrogen-bond donors (Lipinski definition) is 2. The smallest absolute Gasteiger partial charge is 0.325 e. The number of carbonyl (C=O) groups excluding carboxylic acids is 3. The van der Waals surface area contributed by atoms with Crippen LogP contribution in [0.25, 0.3) is 0 Å². The number of carbonyl (C=O) groups is 3. The van der Waals surface area contributed by atoms with E-state index >= 15 is 0 Å². The molecule has 0 bridgehead atoms. The van der Waals surface area contributed by atoms with Gasteiger partial charge in [-0.3, -0.25) is 14.5 Å². The molecule has 7 heteroatoms. The first-order valence-electron chi connectivity index (χ1n) is 10.1. The first-order valence-corrected chi connectivity index (χ1v) is 10.1. The molecule has 0 radical (unpaired) electrons. The van der Waals surface area contributed by atoms with Gasteiger partial charge in [-0.25, -0.2) is 4.79 Å².